The van der Waals surface area contributed by atoms with E-state index in [2.05, 4.69) is 200 Å². The van der Waals surface area contributed by atoms with Gasteiger partial charge in [0.25, 0.3) is 0 Å². The van der Waals surface area contributed by atoms with E-state index in [4.69, 9.17) is 0 Å². The molecule has 0 aromatic heterocycles. The fourth-order valence-electron chi connectivity index (χ4n) is 6.40. The van der Waals surface area contributed by atoms with Gasteiger partial charge in [0.15, 0.2) is 25.2 Å². The van der Waals surface area contributed by atoms with E-state index in [1.54, 1.807) is 0 Å². The molecule has 0 aliphatic heterocycles. The zero-order valence-electron chi connectivity index (χ0n) is 23.9. The molecule has 1 aliphatic rings. The van der Waals surface area contributed by atoms with Crippen LogP contribution in [0.25, 0.3) is 0 Å². The first kappa shape index (κ1) is 27.3. The number of hydrogen-bond donors (Lipinski definition) is 0. The van der Waals surface area contributed by atoms with Crippen LogP contribution in [-0.2, 0) is 0 Å². The van der Waals surface area contributed by atoms with Crippen molar-refractivity contribution in [2.75, 3.05) is 0 Å². The Morgan fingerprint density at radius 2 is 0.442 bits per heavy atom. The summed E-state index contributed by atoms with van der Waals surface area (Å²) in [5.74, 6) is 0. The topological polar surface area (TPSA) is 0 Å². The van der Waals surface area contributed by atoms with Gasteiger partial charge in [-0.2, -0.15) is 0 Å². The zero-order valence-corrected chi connectivity index (χ0v) is 25.7. The highest BCUT2D eigenvalue weighted by Gasteiger charge is 2.54. The van der Waals surface area contributed by atoms with Crippen molar-refractivity contribution in [1.29, 1.82) is 0 Å². The van der Waals surface area contributed by atoms with Crippen LogP contribution >= 0.6 is 14.5 Å². The van der Waals surface area contributed by atoms with Gasteiger partial charge in [-0.3, -0.25) is 0 Å². The highest BCUT2D eigenvalue weighted by Crippen LogP contribution is 2.68. The van der Waals surface area contributed by atoms with Crippen LogP contribution < -0.4 is 31.8 Å². The molecule has 1 aliphatic carbocycles. The van der Waals surface area contributed by atoms with E-state index in [9.17, 15) is 0 Å². The van der Waals surface area contributed by atoms with Crippen molar-refractivity contribution in [2.45, 2.75) is 0 Å². The minimum atomic E-state index is -2.27. The van der Waals surface area contributed by atoms with Gasteiger partial charge in [0.05, 0.1) is 0 Å². The van der Waals surface area contributed by atoms with Crippen LogP contribution in [0, 0.1) is 0 Å². The van der Waals surface area contributed by atoms with E-state index >= 15 is 0 Å². The highest BCUT2D eigenvalue weighted by molar-refractivity contribution is 8.00. The van der Waals surface area contributed by atoms with Gasteiger partial charge < -0.3 is 0 Å². The van der Waals surface area contributed by atoms with Crippen molar-refractivity contribution in [2.24, 2.45) is 0 Å². The van der Waals surface area contributed by atoms with E-state index in [1.165, 1.54) is 42.5 Å². The summed E-state index contributed by atoms with van der Waals surface area (Å²) in [4.78, 5) is 0. The number of hydrogen-bond acceptors (Lipinski definition) is 0. The van der Waals surface area contributed by atoms with Crippen molar-refractivity contribution in [1.82, 2.24) is 0 Å². The first-order valence-corrected chi connectivity index (χ1v) is 18.2. The minimum Gasteiger partial charge on any atom is -0.0620 e. The first-order valence-electron chi connectivity index (χ1n) is 14.7. The zero-order chi connectivity index (χ0) is 29.0. The summed E-state index contributed by atoms with van der Waals surface area (Å²) < 4.78 is 0. The van der Waals surface area contributed by atoms with Gasteiger partial charge in [-0.05, 0) is 90.7 Å². The number of rotatable bonds is 8. The molecule has 7 rings (SSSR count). The van der Waals surface area contributed by atoms with Crippen molar-refractivity contribution in [3.8, 4) is 0 Å². The molecule has 0 nitrogen and oxygen atoms in total. The van der Waals surface area contributed by atoms with Crippen molar-refractivity contribution < 1.29 is 0 Å². The molecule has 6 aromatic carbocycles. The fraction of sp³-hybridized carbons (Fsp3) is 0. The van der Waals surface area contributed by atoms with Crippen LogP contribution in [0.5, 0.6) is 0 Å². The van der Waals surface area contributed by atoms with E-state index in [0.717, 1.165) is 0 Å². The van der Waals surface area contributed by atoms with E-state index in [-0.39, 0.29) is 0 Å². The van der Waals surface area contributed by atoms with Gasteiger partial charge in [-0.15, -0.1) is 0 Å². The Morgan fingerprint density at radius 1 is 0.256 bits per heavy atom. The molecule has 0 spiro atoms. The monoisotopic (exact) mass is 586 g/mol. The largest absolute Gasteiger partial charge is 0.155 e. The third-order valence-electron chi connectivity index (χ3n) is 8.24. The van der Waals surface area contributed by atoms with Crippen molar-refractivity contribution in [3.63, 3.8) is 0 Å². The summed E-state index contributed by atoms with van der Waals surface area (Å²) in [6, 6.07) is 66.5. The second-order valence-electron chi connectivity index (χ2n) is 10.6. The fourth-order valence-corrected chi connectivity index (χ4v) is 14.8. The minimum absolute atomic E-state index is 1.26. The lowest BCUT2D eigenvalue weighted by molar-refractivity contribution is 1.71. The number of allylic oxidation sites excluding steroid dienone is 3. The predicted molar refractivity (Wildman–Crippen MR) is 190 cm³/mol. The van der Waals surface area contributed by atoms with Crippen molar-refractivity contribution >= 4 is 46.4 Å². The highest BCUT2D eigenvalue weighted by atomic mass is 31.2. The standard InChI is InChI=1S/C41H32P2/c1-7-19-34(20-8-1)42(35-21-9-2-10-22-35,36-23-11-3-12-24-36)40-31-32-41(33-40)43(37-25-13-4-14-26-37,38-27-15-5-16-28-38)39-29-17-6-18-30-39/h1-32H/q+2. The molecular formula is C41H32P2+2. The van der Waals surface area contributed by atoms with Crippen LogP contribution in [-0.4, -0.2) is 0 Å². The van der Waals surface area contributed by atoms with Crippen LogP contribution in [0.4, 0.5) is 0 Å². The van der Waals surface area contributed by atoms with Crippen LogP contribution in [0.2, 0.25) is 0 Å². The smallest absolute Gasteiger partial charge is 0.0620 e. The molecule has 0 bridgehead atoms. The third-order valence-corrected chi connectivity index (χ3v) is 16.6. The lowest BCUT2D eigenvalue weighted by Crippen LogP contribution is -2.32. The molecule has 0 saturated carbocycles. The van der Waals surface area contributed by atoms with Crippen LogP contribution in [0.15, 0.2) is 211 Å². The van der Waals surface area contributed by atoms with Gasteiger partial charge in [0, 0.05) is 0 Å². The van der Waals surface area contributed by atoms with E-state index < -0.39 is 14.5 Å². The molecule has 204 valence electrons. The summed E-state index contributed by atoms with van der Waals surface area (Å²) in [5.41, 5.74) is 4.18. The Hall–Kier alpha value is -4.56. The Labute approximate surface area is 256 Å². The van der Waals surface area contributed by atoms with Crippen LogP contribution in [0.3, 0.4) is 0 Å². The molecule has 0 saturated heterocycles. The third kappa shape index (κ3) is 4.66. The molecule has 0 atom stereocenters. The van der Waals surface area contributed by atoms with E-state index in [1.807, 2.05) is 0 Å². The first-order chi connectivity index (χ1) is 21.3. The normalized spacial score (nSPS) is 12.9. The second kappa shape index (κ2) is 12.0. The summed E-state index contributed by atoms with van der Waals surface area (Å²) >= 11 is 0. The van der Waals surface area contributed by atoms with Crippen LogP contribution in [0.1, 0.15) is 0 Å². The maximum absolute atomic E-state index is 4.18. The Kier molecular flexibility index (Phi) is 7.60. The summed E-state index contributed by atoms with van der Waals surface area (Å²) in [6.07, 6.45) is 4.75. The molecule has 0 fully saturated rings. The molecule has 0 N–H and O–H groups in total. The Morgan fingerprint density at radius 3 is 0.628 bits per heavy atom. The molecule has 6 aromatic rings. The molecule has 0 amide bonds. The maximum atomic E-state index is 4.18. The summed E-state index contributed by atoms with van der Waals surface area (Å²) in [5, 5.41) is 10.5. The van der Waals surface area contributed by atoms with Gasteiger partial charge in [-0.1, -0.05) is 109 Å². The molecule has 0 unspecified atom stereocenters. The maximum Gasteiger partial charge on any atom is 0.155 e. The average Bonchev–Trinajstić information content (AvgIpc) is 3.59. The molecule has 0 radical (unpaired) electrons. The quantitative estimate of drug-likeness (QED) is 0.126. The summed E-state index contributed by atoms with van der Waals surface area (Å²) in [7, 11) is -4.53. The summed E-state index contributed by atoms with van der Waals surface area (Å²) in [6.45, 7) is 0. The lowest BCUT2D eigenvalue weighted by atomic mass is 10.4. The number of benzene rings is 6. The van der Waals surface area contributed by atoms with E-state index in [0.29, 0.717) is 0 Å². The van der Waals surface area contributed by atoms with Gasteiger partial charge >= 0.3 is 0 Å². The lowest BCUT2D eigenvalue weighted by Gasteiger charge is -2.27. The second-order valence-corrected chi connectivity index (χ2v) is 17.3. The SMILES string of the molecule is C1=C([P+](c2ccccc2)(c2ccccc2)c2ccccc2)C=CC=1[P+](c1ccccc1)(c1ccccc1)c1ccccc1. The molecule has 2 heteroatoms. The molecule has 43 heavy (non-hydrogen) atoms. The Bertz CT molecular complexity index is 1570. The molecule has 0 heterocycles. The Balaban J connectivity index is 1.63. The van der Waals surface area contributed by atoms with Gasteiger partial charge in [-0.25, -0.2) is 0 Å². The molecular weight excluding hydrogens is 554 g/mol. The van der Waals surface area contributed by atoms with Crippen molar-refractivity contribution in [3.05, 3.63) is 211 Å². The predicted octanol–water partition coefficient (Wildman–Crippen LogP) is 7.91. The van der Waals surface area contributed by atoms with Gasteiger partial charge in [0.2, 0.25) is 0 Å². The van der Waals surface area contributed by atoms with Gasteiger partial charge in [0.1, 0.15) is 31.8 Å². The average molecular weight is 587 g/mol.